The van der Waals surface area contributed by atoms with Crippen LogP contribution in [0.3, 0.4) is 0 Å². The van der Waals surface area contributed by atoms with Crippen LogP contribution in [0, 0.1) is 0 Å². The van der Waals surface area contributed by atoms with Crippen molar-refractivity contribution in [2.45, 2.75) is 0 Å². The fourth-order valence-corrected chi connectivity index (χ4v) is 2.50. The highest BCUT2D eigenvalue weighted by Crippen LogP contribution is 2.26. The first-order valence-electron chi connectivity index (χ1n) is 7.58. The second-order valence-corrected chi connectivity index (χ2v) is 5.37. The fourth-order valence-electron chi connectivity index (χ4n) is 2.50. The summed E-state index contributed by atoms with van der Waals surface area (Å²) in [5, 5.41) is 12.2. The van der Waals surface area contributed by atoms with E-state index in [1.54, 1.807) is 0 Å². The maximum absolute atomic E-state index is 9.92. The summed E-state index contributed by atoms with van der Waals surface area (Å²) in [4.78, 5) is 8.68. The van der Waals surface area contributed by atoms with Crippen LogP contribution in [0.1, 0.15) is 5.69 Å². The molecular formula is C20H14N2O2. The molecule has 0 saturated heterocycles. The number of oxazole rings is 1. The Balaban J connectivity index is 1.64. The Morgan fingerprint density at radius 1 is 0.875 bits per heavy atom. The third-order valence-electron chi connectivity index (χ3n) is 3.72. The molecule has 1 heterocycles. The molecular weight excluding hydrogens is 300 g/mol. The van der Waals surface area contributed by atoms with Gasteiger partial charge in [0, 0.05) is 5.56 Å². The molecule has 0 aliphatic heterocycles. The van der Waals surface area contributed by atoms with Gasteiger partial charge in [-0.3, -0.25) is 4.99 Å². The zero-order valence-corrected chi connectivity index (χ0v) is 12.8. The largest absolute Gasteiger partial charge is 0.479 e. The van der Waals surface area contributed by atoms with Gasteiger partial charge in [-0.25, -0.2) is 4.98 Å². The Morgan fingerprint density at radius 3 is 2.46 bits per heavy atom. The van der Waals surface area contributed by atoms with E-state index in [-0.39, 0.29) is 5.95 Å². The summed E-state index contributed by atoms with van der Waals surface area (Å²) in [5.41, 5.74) is 1.90. The van der Waals surface area contributed by atoms with Gasteiger partial charge in [0.1, 0.15) is 0 Å². The van der Waals surface area contributed by atoms with Crippen molar-refractivity contribution in [2.75, 3.05) is 0 Å². The van der Waals surface area contributed by atoms with E-state index in [4.69, 9.17) is 4.42 Å². The third kappa shape index (κ3) is 2.77. The summed E-state index contributed by atoms with van der Waals surface area (Å²) in [6, 6.07) is 23.4. The van der Waals surface area contributed by atoms with Crippen LogP contribution in [0.25, 0.3) is 22.2 Å². The number of nitrogens with zero attached hydrogens (tertiary/aromatic N) is 2. The molecule has 0 atom stereocenters. The van der Waals surface area contributed by atoms with Crippen molar-refractivity contribution in [2.24, 2.45) is 4.99 Å². The Morgan fingerprint density at radius 2 is 1.62 bits per heavy atom. The van der Waals surface area contributed by atoms with E-state index in [1.807, 2.05) is 66.7 Å². The fraction of sp³-hybridized carbons (Fsp3) is 0. The van der Waals surface area contributed by atoms with Crippen molar-refractivity contribution in [3.05, 3.63) is 78.5 Å². The summed E-state index contributed by atoms with van der Waals surface area (Å²) in [6.45, 7) is 0. The molecule has 1 aromatic heterocycles. The highest BCUT2D eigenvalue weighted by molar-refractivity contribution is 5.88. The van der Waals surface area contributed by atoms with Crippen molar-refractivity contribution < 1.29 is 9.52 Å². The number of aliphatic imine (C=N–C) groups is 1. The summed E-state index contributed by atoms with van der Waals surface area (Å²) < 4.78 is 5.31. The van der Waals surface area contributed by atoms with Crippen LogP contribution in [-0.2, 0) is 0 Å². The molecule has 0 unspecified atom stereocenters. The summed E-state index contributed by atoms with van der Waals surface area (Å²) in [5.74, 6) is 0.131. The Labute approximate surface area is 138 Å². The number of benzene rings is 3. The van der Waals surface area contributed by atoms with Crippen LogP contribution in [0.4, 0.5) is 5.69 Å². The number of aromatic hydroxyl groups is 1. The molecule has 0 amide bonds. The average Bonchev–Trinajstić information content (AvgIpc) is 3.01. The van der Waals surface area contributed by atoms with Gasteiger partial charge in [0.25, 0.3) is 0 Å². The zero-order chi connectivity index (χ0) is 16.4. The Kier molecular flexibility index (Phi) is 3.56. The smallest absolute Gasteiger partial charge is 0.312 e. The van der Waals surface area contributed by atoms with Crippen LogP contribution in [-0.4, -0.2) is 16.3 Å². The van der Waals surface area contributed by atoms with E-state index in [2.05, 4.69) is 16.0 Å². The molecule has 24 heavy (non-hydrogen) atoms. The number of hydrogen-bond acceptors (Lipinski definition) is 4. The molecule has 4 rings (SSSR count). The number of hydrogen-bond donors (Lipinski definition) is 1. The standard InChI is InChI=1S/C20H14N2O2/c23-20-18(22-19(24-20)15-7-2-1-3-8-15)13-21-17-11-10-14-6-4-5-9-16(14)12-17/h1-13,23H. The maximum Gasteiger partial charge on any atom is 0.312 e. The van der Waals surface area contributed by atoms with Gasteiger partial charge < -0.3 is 9.52 Å². The first-order valence-corrected chi connectivity index (χ1v) is 7.58. The second-order valence-electron chi connectivity index (χ2n) is 5.37. The lowest BCUT2D eigenvalue weighted by atomic mass is 10.1. The second kappa shape index (κ2) is 6.01. The maximum atomic E-state index is 9.92. The molecule has 3 aromatic carbocycles. The van der Waals surface area contributed by atoms with Gasteiger partial charge >= 0.3 is 5.95 Å². The number of fused-ring (bicyclic) bond motifs is 1. The first kappa shape index (κ1) is 14.2. The SMILES string of the molecule is Oc1oc(-c2ccccc2)nc1C=Nc1ccc2ccccc2c1. The van der Waals surface area contributed by atoms with E-state index in [0.29, 0.717) is 11.6 Å². The predicted octanol–water partition coefficient (Wildman–Crippen LogP) is 4.95. The molecule has 4 aromatic rings. The van der Waals surface area contributed by atoms with Gasteiger partial charge in [0.15, 0.2) is 5.69 Å². The van der Waals surface area contributed by atoms with Crippen molar-refractivity contribution in [3.63, 3.8) is 0 Å². The summed E-state index contributed by atoms with van der Waals surface area (Å²) in [6.07, 6.45) is 1.51. The molecule has 4 nitrogen and oxygen atoms in total. The van der Waals surface area contributed by atoms with E-state index >= 15 is 0 Å². The number of aromatic nitrogens is 1. The van der Waals surface area contributed by atoms with Crippen LogP contribution in [0.2, 0.25) is 0 Å². The van der Waals surface area contributed by atoms with Gasteiger partial charge in [0.2, 0.25) is 5.89 Å². The molecule has 0 aliphatic rings. The molecule has 0 aliphatic carbocycles. The average molecular weight is 314 g/mol. The summed E-state index contributed by atoms with van der Waals surface area (Å²) >= 11 is 0. The predicted molar refractivity (Wildman–Crippen MR) is 94.8 cm³/mol. The minimum atomic E-state index is -0.238. The molecule has 4 heteroatoms. The van der Waals surface area contributed by atoms with Crippen molar-refractivity contribution in [3.8, 4) is 17.4 Å². The van der Waals surface area contributed by atoms with E-state index in [0.717, 1.165) is 22.0 Å². The van der Waals surface area contributed by atoms with Gasteiger partial charge in [0.05, 0.1) is 11.9 Å². The summed E-state index contributed by atoms with van der Waals surface area (Å²) in [7, 11) is 0. The lowest BCUT2D eigenvalue weighted by Crippen LogP contribution is -1.82. The molecule has 116 valence electrons. The topological polar surface area (TPSA) is 58.6 Å². The first-order chi connectivity index (χ1) is 11.8. The van der Waals surface area contributed by atoms with Gasteiger partial charge in [-0.2, -0.15) is 0 Å². The molecule has 0 fully saturated rings. The lowest BCUT2D eigenvalue weighted by Gasteiger charge is -1.98. The molecule has 0 spiro atoms. The molecule has 0 saturated carbocycles. The van der Waals surface area contributed by atoms with E-state index < -0.39 is 0 Å². The molecule has 0 bridgehead atoms. The Hall–Kier alpha value is -3.40. The normalized spacial score (nSPS) is 11.3. The minimum Gasteiger partial charge on any atom is -0.479 e. The van der Waals surface area contributed by atoms with Crippen molar-refractivity contribution in [1.29, 1.82) is 0 Å². The van der Waals surface area contributed by atoms with Crippen LogP contribution >= 0.6 is 0 Å². The van der Waals surface area contributed by atoms with E-state index in [9.17, 15) is 5.11 Å². The van der Waals surface area contributed by atoms with Crippen LogP contribution in [0.15, 0.2) is 82.2 Å². The van der Waals surface area contributed by atoms with Crippen LogP contribution < -0.4 is 0 Å². The zero-order valence-electron chi connectivity index (χ0n) is 12.8. The molecule has 0 radical (unpaired) electrons. The lowest BCUT2D eigenvalue weighted by molar-refractivity contribution is 0.337. The highest BCUT2D eigenvalue weighted by Gasteiger charge is 2.11. The molecule has 1 N–H and O–H groups in total. The number of rotatable bonds is 3. The quantitative estimate of drug-likeness (QED) is 0.544. The van der Waals surface area contributed by atoms with Gasteiger partial charge in [-0.05, 0) is 35.0 Å². The Bertz CT molecular complexity index is 1020. The van der Waals surface area contributed by atoms with Crippen LogP contribution in [0.5, 0.6) is 5.95 Å². The van der Waals surface area contributed by atoms with Crippen molar-refractivity contribution in [1.82, 2.24) is 4.98 Å². The highest BCUT2D eigenvalue weighted by atomic mass is 16.5. The third-order valence-corrected chi connectivity index (χ3v) is 3.72. The van der Waals surface area contributed by atoms with E-state index in [1.165, 1.54) is 6.21 Å². The van der Waals surface area contributed by atoms with Gasteiger partial charge in [-0.1, -0.05) is 48.5 Å². The monoisotopic (exact) mass is 314 g/mol. The van der Waals surface area contributed by atoms with Crippen molar-refractivity contribution >= 4 is 22.7 Å². The van der Waals surface area contributed by atoms with Gasteiger partial charge in [-0.15, -0.1) is 0 Å². The minimum absolute atomic E-state index is 0.238.